The molecule has 2 aromatic carbocycles. The minimum Gasteiger partial charge on any atom is -0.497 e. The molecule has 124 valence electrons. The van der Waals surface area contributed by atoms with Gasteiger partial charge in [-0.25, -0.2) is 4.79 Å². The van der Waals surface area contributed by atoms with Crippen molar-refractivity contribution in [2.24, 2.45) is 0 Å². The molecule has 24 heavy (non-hydrogen) atoms. The van der Waals surface area contributed by atoms with Crippen molar-refractivity contribution in [3.8, 4) is 5.75 Å². The molecule has 0 aromatic heterocycles. The van der Waals surface area contributed by atoms with Crippen LogP contribution in [0.15, 0.2) is 48.5 Å². The minimum atomic E-state index is -0.0951. The van der Waals surface area contributed by atoms with Crippen molar-refractivity contribution in [2.75, 3.05) is 35.3 Å². The van der Waals surface area contributed by atoms with Crippen LogP contribution in [-0.2, 0) is 0 Å². The fourth-order valence-electron chi connectivity index (χ4n) is 3.67. The van der Waals surface area contributed by atoms with Gasteiger partial charge >= 0.3 is 6.03 Å². The molecule has 4 rings (SSSR count). The molecule has 0 aliphatic carbocycles. The highest BCUT2D eigenvalue weighted by Gasteiger charge is 2.36. The lowest BCUT2D eigenvalue weighted by atomic mass is 10.1. The molecule has 1 saturated heterocycles. The number of hydrogen-bond donors (Lipinski definition) is 1. The van der Waals surface area contributed by atoms with Gasteiger partial charge in [-0.1, -0.05) is 18.2 Å². The van der Waals surface area contributed by atoms with Gasteiger partial charge in [0.25, 0.3) is 0 Å². The maximum absolute atomic E-state index is 12.9. The molecule has 0 saturated carbocycles. The zero-order valence-corrected chi connectivity index (χ0v) is 13.7. The van der Waals surface area contributed by atoms with E-state index in [1.165, 1.54) is 6.42 Å². The molecule has 5 heteroatoms. The molecule has 1 N–H and O–H groups in total. The average molecular weight is 323 g/mol. The minimum absolute atomic E-state index is 0.0951. The van der Waals surface area contributed by atoms with Gasteiger partial charge in [0.15, 0.2) is 0 Å². The molecular formula is C19H21N3O2. The molecule has 2 aliphatic heterocycles. The van der Waals surface area contributed by atoms with Gasteiger partial charge in [0.05, 0.1) is 18.5 Å². The largest absolute Gasteiger partial charge is 0.497 e. The van der Waals surface area contributed by atoms with Crippen LogP contribution in [0.5, 0.6) is 5.75 Å². The van der Waals surface area contributed by atoms with Gasteiger partial charge < -0.3 is 15.0 Å². The van der Waals surface area contributed by atoms with Crippen LogP contribution in [0.1, 0.15) is 12.8 Å². The van der Waals surface area contributed by atoms with Crippen LogP contribution in [0.4, 0.5) is 21.9 Å². The van der Waals surface area contributed by atoms with E-state index in [0.29, 0.717) is 6.04 Å². The first-order chi connectivity index (χ1) is 11.8. The van der Waals surface area contributed by atoms with Crippen LogP contribution < -0.4 is 19.9 Å². The molecule has 5 nitrogen and oxygen atoms in total. The van der Waals surface area contributed by atoms with Crippen LogP contribution in [0.25, 0.3) is 0 Å². The predicted octanol–water partition coefficient (Wildman–Crippen LogP) is 3.72. The Bertz CT molecular complexity index is 762. The molecule has 0 bridgehead atoms. The van der Waals surface area contributed by atoms with E-state index >= 15 is 0 Å². The summed E-state index contributed by atoms with van der Waals surface area (Å²) in [5, 5.41) is 3.00. The molecule has 1 atom stereocenters. The van der Waals surface area contributed by atoms with Gasteiger partial charge in [-0.2, -0.15) is 0 Å². The third-order valence-electron chi connectivity index (χ3n) is 4.82. The van der Waals surface area contributed by atoms with E-state index in [1.54, 1.807) is 7.11 Å². The number of fused-ring (bicyclic) bond motifs is 3. The maximum Gasteiger partial charge on any atom is 0.326 e. The summed E-state index contributed by atoms with van der Waals surface area (Å²) in [5.74, 6) is 0.730. The van der Waals surface area contributed by atoms with E-state index in [-0.39, 0.29) is 6.03 Å². The third-order valence-corrected chi connectivity index (χ3v) is 4.82. The molecule has 0 unspecified atom stereocenters. The van der Waals surface area contributed by atoms with Crippen LogP contribution in [-0.4, -0.2) is 32.3 Å². The number of amides is 2. The van der Waals surface area contributed by atoms with E-state index in [1.807, 2.05) is 47.4 Å². The van der Waals surface area contributed by atoms with Crippen molar-refractivity contribution in [1.29, 1.82) is 0 Å². The molecular weight excluding hydrogens is 302 g/mol. The van der Waals surface area contributed by atoms with Crippen LogP contribution in [0, 0.1) is 0 Å². The predicted molar refractivity (Wildman–Crippen MR) is 96.2 cm³/mol. The van der Waals surface area contributed by atoms with Crippen LogP contribution in [0.3, 0.4) is 0 Å². The number of benzene rings is 2. The summed E-state index contributed by atoms with van der Waals surface area (Å²) in [6.45, 7) is 1.81. The summed E-state index contributed by atoms with van der Waals surface area (Å²) in [4.78, 5) is 17.2. The van der Waals surface area contributed by atoms with E-state index < -0.39 is 0 Å². The summed E-state index contributed by atoms with van der Waals surface area (Å²) < 4.78 is 5.22. The van der Waals surface area contributed by atoms with Crippen molar-refractivity contribution < 1.29 is 9.53 Å². The molecule has 0 spiro atoms. The summed E-state index contributed by atoms with van der Waals surface area (Å²) in [6, 6.07) is 15.9. The highest BCUT2D eigenvalue weighted by molar-refractivity contribution is 6.04. The topological polar surface area (TPSA) is 44.8 Å². The number of nitrogens with zero attached hydrogens (tertiary/aromatic N) is 2. The number of rotatable bonds is 2. The molecule has 2 aliphatic rings. The highest BCUT2D eigenvalue weighted by Crippen LogP contribution is 2.39. The van der Waals surface area contributed by atoms with Gasteiger partial charge in [0.1, 0.15) is 5.75 Å². The number of nitrogens with one attached hydrogen (secondary N) is 1. The van der Waals surface area contributed by atoms with E-state index in [4.69, 9.17) is 4.74 Å². The zero-order chi connectivity index (χ0) is 16.5. The molecule has 2 aromatic rings. The summed E-state index contributed by atoms with van der Waals surface area (Å²) >= 11 is 0. The quantitative estimate of drug-likeness (QED) is 0.916. The normalized spacial score (nSPS) is 18.8. The second kappa shape index (κ2) is 6.07. The Labute approximate surface area is 141 Å². The fraction of sp³-hybridized carbons (Fsp3) is 0.316. The Morgan fingerprint density at radius 1 is 1.17 bits per heavy atom. The number of para-hydroxylation sites is 2. The number of ether oxygens (including phenoxy) is 1. The second-order valence-electron chi connectivity index (χ2n) is 6.25. The Morgan fingerprint density at radius 3 is 2.83 bits per heavy atom. The van der Waals surface area contributed by atoms with E-state index in [9.17, 15) is 4.79 Å². The van der Waals surface area contributed by atoms with Crippen molar-refractivity contribution in [3.05, 3.63) is 48.5 Å². The lowest BCUT2D eigenvalue weighted by Gasteiger charge is -2.40. The van der Waals surface area contributed by atoms with E-state index in [2.05, 4.69) is 16.3 Å². The number of anilines is 3. The second-order valence-corrected chi connectivity index (χ2v) is 6.25. The number of carbonyl (C=O) groups is 1. The van der Waals surface area contributed by atoms with Crippen molar-refractivity contribution >= 4 is 23.1 Å². The summed E-state index contributed by atoms with van der Waals surface area (Å²) in [5.41, 5.74) is 2.88. The first-order valence-electron chi connectivity index (χ1n) is 8.34. The summed E-state index contributed by atoms with van der Waals surface area (Å²) in [7, 11) is 1.62. The smallest absolute Gasteiger partial charge is 0.326 e. The van der Waals surface area contributed by atoms with Gasteiger partial charge in [-0.3, -0.25) is 4.90 Å². The Balaban J connectivity index is 1.61. The lowest BCUT2D eigenvalue weighted by molar-refractivity contribution is 0.256. The van der Waals surface area contributed by atoms with Crippen LogP contribution in [0.2, 0.25) is 0 Å². The lowest BCUT2D eigenvalue weighted by Crippen LogP contribution is -2.49. The Kier molecular flexibility index (Phi) is 3.76. The van der Waals surface area contributed by atoms with Crippen LogP contribution >= 0.6 is 0 Å². The fourth-order valence-corrected chi connectivity index (χ4v) is 3.67. The molecule has 2 heterocycles. The van der Waals surface area contributed by atoms with Gasteiger partial charge in [-0.15, -0.1) is 0 Å². The number of carbonyl (C=O) groups excluding carboxylic acids is 1. The number of urea groups is 1. The summed E-state index contributed by atoms with van der Waals surface area (Å²) in [6.07, 6.45) is 2.32. The molecule has 2 amide bonds. The first-order valence-corrected chi connectivity index (χ1v) is 8.34. The SMILES string of the molecule is COc1cccc(NC(=O)N2C[C@@H]3CCCN3c3ccccc32)c1. The Hall–Kier alpha value is -2.69. The highest BCUT2D eigenvalue weighted by atomic mass is 16.5. The average Bonchev–Trinajstić information content (AvgIpc) is 3.10. The van der Waals surface area contributed by atoms with Crippen molar-refractivity contribution in [1.82, 2.24) is 0 Å². The zero-order valence-electron chi connectivity index (χ0n) is 13.7. The van der Waals surface area contributed by atoms with Gasteiger partial charge in [0, 0.05) is 30.9 Å². The number of methoxy groups -OCH3 is 1. The number of hydrogen-bond acceptors (Lipinski definition) is 3. The Morgan fingerprint density at radius 2 is 2.00 bits per heavy atom. The van der Waals surface area contributed by atoms with Gasteiger partial charge in [-0.05, 0) is 37.1 Å². The molecule has 0 radical (unpaired) electrons. The third kappa shape index (κ3) is 2.56. The van der Waals surface area contributed by atoms with Gasteiger partial charge in [0.2, 0.25) is 0 Å². The maximum atomic E-state index is 12.9. The molecule has 1 fully saturated rings. The van der Waals surface area contributed by atoms with Crippen molar-refractivity contribution in [2.45, 2.75) is 18.9 Å². The standard InChI is InChI=1S/C19H21N3O2/c1-24-16-8-4-6-14(12-16)20-19(23)22-13-15-7-5-11-21(15)17-9-2-3-10-18(17)22/h2-4,6,8-10,12,15H,5,7,11,13H2,1H3,(H,20,23)/t15-/m0/s1. The van der Waals surface area contributed by atoms with Crippen molar-refractivity contribution in [3.63, 3.8) is 0 Å². The van der Waals surface area contributed by atoms with E-state index in [0.717, 1.165) is 42.3 Å². The monoisotopic (exact) mass is 323 g/mol. The first kappa shape index (κ1) is 14.9.